The zero-order chi connectivity index (χ0) is 28.8. The van der Waals surface area contributed by atoms with Gasteiger partial charge in [-0.05, 0) is 50.3 Å². The second-order valence-corrected chi connectivity index (χ2v) is 12.7. The predicted octanol–water partition coefficient (Wildman–Crippen LogP) is 5.55. The number of amides is 1. The summed E-state index contributed by atoms with van der Waals surface area (Å²) in [5, 5.41) is 5.10. The molecule has 2 aliphatic heterocycles. The molecule has 0 bridgehead atoms. The Labute approximate surface area is 239 Å². The number of fused-ring (bicyclic) bond motifs is 1. The molecule has 40 heavy (non-hydrogen) atoms. The number of hydrogen-bond acceptors (Lipinski definition) is 6. The number of hydrogen-bond donors (Lipinski definition) is 1. The van der Waals surface area contributed by atoms with E-state index in [-0.39, 0.29) is 34.4 Å². The number of nitrogens with zero attached hydrogens (tertiary/aromatic N) is 5. The van der Waals surface area contributed by atoms with Crippen LogP contribution in [-0.4, -0.2) is 65.9 Å². The molecule has 3 aromatic rings. The van der Waals surface area contributed by atoms with Gasteiger partial charge in [0, 0.05) is 36.8 Å². The molecule has 2 fully saturated rings. The van der Waals surface area contributed by atoms with Crippen LogP contribution in [-0.2, 0) is 10.0 Å². The van der Waals surface area contributed by atoms with E-state index in [1.165, 1.54) is 28.8 Å². The van der Waals surface area contributed by atoms with E-state index >= 15 is 0 Å². The zero-order valence-corrected chi connectivity index (χ0v) is 23.8. The molecule has 0 saturated carbocycles. The maximum Gasteiger partial charge on any atom is 0.393 e. The van der Waals surface area contributed by atoms with Crippen LogP contribution in [0.1, 0.15) is 54.2 Å². The highest BCUT2D eigenvalue weighted by atomic mass is 35.5. The first-order valence-electron chi connectivity index (χ1n) is 12.8. The van der Waals surface area contributed by atoms with E-state index in [0.29, 0.717) is 43.1 Å². The third kappa shape index (κ3) is 6.10. The van der Waals surface area contributed by atoms with E-state index in [2.05, 4.69) is 9.71 Å². The minimum Gasteiger partial charge on any atom is -0.356 e. The van der Waals surface area contributed by atoms with Gasteiger partial charge in [-0.1, -0.05) is 23.2 Å². The highest BCUT2D eigenvalue weighted by molar-refractivity contribution is 7.92. The molecule has 0 radical (unpaired) electrons. The lowest BCUT2D eigenvalue weighted by Gasteiger charge is -2.35. The first-order chi connectivity index (χ1) is 18.8. The summed E-state index contributed by atoms with van der Waals surface area (Å²) in [6.07, 6.45) is -0.768. The molecule has 5 rings (SSSR count). The zero-order valence-electron chi connectivity index (χ0n) is 21.5. The fraction of sp³-hybridized carbons (Fsp3) is 0.480. The number of anilines is 2. The largest absolute Gasteiger partial charge is 0.393 e. The Morgan fingerprint density at radius 2 is 1.85 bits per heavy atom. The fourth-order valence-corrected chi connectivity index (χ4v) is 6.34. The van der Waals surface area contributed by atoms with Crippen LogP contribution in [0, 0.1) is 5.92 Å². The van der Waals surface area contributed by atoms with Crippen molar-refractivity contribution in [1.29, 1.82) is 0 Å². The highest BCUT2D eigenvalue weighted by Gasteiger charge is 2.42. The van der Waals surface area contributed by atoms with Gasteiger partial charge >= 0.3 is 6.18 Å². The van der Waals surface area contributed by atoms with E-state index in [4.69, 9.17) is 28.3 Å². The first kappa shape index (κ1) is 28.7. The number of carbonyl (C=O) groups is 1. The summed E-state index contributed by atoms with van der Waals surface area (Å²) in [4.78, 5) is 21.4. The molecule has 9 nitrogen and oxygen atoms in total. The van der Waals surface area contributed by atoms with Gasteiger partial charge in [-0.25, -0.2) is 13.4 Å². The van der Waals surface area contributed by atoms with Crippen molar-refractivity contribution in [2.45, 2.75) is 44.3 Å². The van der Waals surface area contributed by atoms with Gasteiger partial charge in [0.25, 0.3) is 5.91 Å². The summed E-state index contributed by atoms with van der Waals surface area (Å²) >= 11 is 12.4. The summed E-state index contributed by atoms with van der Waals surface area (Å²) in [6, 6.07) is 7.05. The summed E-state index contributed by atoms with van der Waals surface area (Å²) in [5.74, 6) is -1.48. The second kappa shape index (κ2) is 10.9. The van der Waals surface area contributed by atoms with Gasteiger partial charge in [-0.15, -0.1) is 0 Å². The Bertz CT molecular complexity index is 1550. The molecule has 1 aromatic carbocycles. The SMILES string of the molecule is CS(=O)(=O)Nc1ccc(Cl)cc1C(=O)N1CCCC[C@H]1c1cc2nc(Cl)cc(N3CCCC(C(F)(F)F)C3)n2n1. The predicted molar refractivity (Wildman–Crippen MR) is 147 cm³/mol. The summed E-state index contributed by atoms with van der Waals surface area (Å²) in [7, 11) is -3.67. The van der Waals surface area contributed by atoms with Crippen LogP contribution in [0.15, 0.2) is 30.3 Å². The van der Waals surface area contributed by atoms with Crippen molar-refractivity contribution in [2.24, 2.45) is 5.92 Å². The van der Waals surface area contributed by atoms with Crippen molar-refractivity contribution in [2.75, 3.05) is 35.5 Å². The van der Waals surface area contributed by atoms with Crippen LogP contribution in [0.4, 0.5) is 24.7 Å². The van der Waals surface area contributed by atoms with E-state index in [1.54, 1.807) is 15.9 Å². The number of alkyl halides is 3. The van der Waals surface area contributed by atoms with Gasteiger partial charge in [-0.2, -0.15) is 22.8 Å². The number of nitrogens with one attached hydrogen (secondary N) is 1. The third-order valence-electron chi connectivity index (χ3n) is 7.22. The quantitative estimate of drug-likeness (QED) is 0.376. The molecule has 4 heterocycles. The van der Waals surface area contributed by atoms with Crippen molar-refractivity contribution < 1.29 is 26.4 Å². The number of halogens is 5. The molecule has 2 aromatic heterocycles. The van der Waals surface area contributed by atoms with Crippen LogP contribution in [0.5, 0.6) is 0 Å². The lowest BCUT2D eigenvalue weighted by Crippen LogP contribution is -2.42. The fourth-order valence-electron chi connectivity index (χ4n) is 5.41. The Morgan fingerprint density at radius 1 is 1.07 bits per heavy atom. The first-order valence-corrected chi connectivity index (χ1v) is 15.4. The molecule has 15 heteroatoms. The summed E-state index contributed by atoms with van der Waals surface area (Å²) in [6.45, 7) is 0.589. The summed E-state index contributed by atoms with van der Waals surface area (Å²) < 4.78 is 68.2. The van der Waals surface area contributed by atoms with Crippen molar-refractivity contribution >= 4 is 56.3 Å². The molecule has 2 atom stereocenters. The number of likely N-dealkylation sites (tertiary alicyclic amines) is 1. The topological polar surface area (TPSA) is 99.9 Å². The molecule has 2 saturated heterocycles. The molecule has 0 spiro atoms. The van der Waals surface area contributed by atoms with Crippen LogP contribution in [0.3, 0.4) is 0 Å². The number of rotatable bonds is 5. The number of benzene rings is 1. The third-order valence-corrected chi connectivity index (χ3v) is 8.24. The Balaban J connectivity index is 1.51. The monoisotopic (exact) mass is 618 g/mol. The van der Waals surface area contributed by atoms with Crippen LogP contribution in [0.25, 0.3) is 5.65 Å². The van der Waals surface area contributed by atoms with Crippen LogP contribution in [0.2, 0.25) is 10.2 Å². The lowest BCUT2D eigenvalue weighted by atomic mass is 9.97. The maximum atomic E-state index is 13.8. The molecule has 1 unspecified atom stereocenters. The van der Waals surface area contributed by atoms with Gasteiger partial charge in [-0.3, -0.25) is 9.52 Å². The maximum absolute atomic E-state index is 13.8. The smallest absolute Gasteiger partial charge is 0.356 e. The van der Waals surface area contributed by atoms with Gasteiger partial charge in [0.2, 0.25) is 10.0 Å². The molecule has 1 N–H and O–H groups in total. The molecule has 2 aliphatic rings. The Kier molecular flexibility index (Phi) is 7.83. The molecular formula is C25H27Cl2F3N6O3S. The number of sulfonamides is 1. The van der Waals surface area contributed by atoms with Gasteiger partial charge < -0.3 is 9.80 Å². The van der Waals surface area contributed by atoms with Gasteiger partial charge in [0.1, 0.15) is 11.0 Å². The van der Waals surface area contributed by atoms with Crippen molar-refractivity contribution in [3.63, 3.8) is 0 Å². The molecule has 216 valence electrons. The number of piperidine rings is 2. The van der Waals surface area contributed by atoms with Crippen molar-refractivity contribution in [3.05, 3.63) is 51.8 Å². The van der Waals surface area contributed by atoms with Crippen molar-refractivity contribution in [3.8, 4) is 0 Å². The highest BCUT2D eigenvalue weighted by Crippen LogP contribution is 2.37. The molecule has 0 aliphatic carbocycles. The minimum absolute atomic E-state index is 0.0607. The second-order valence-electron chi connectivity index (χ2n) is 10.2. The van der Waals surface area contributed by atoms with E-state index in [9.17, 15) is 26.4 Å². The average molecular weight is 619 g/mol. The average Bonchev–Trinajstić information content (AvgIpc) is 3.31. The Hall–Kier alpha value is -2.77. The molecule has 1 amide bonds. The van der Waals surface area contributed by atoms with Crippen LogP contribution < -0.4 is 9.62 Å². The van der Waals surface area contributed by atoms with E-state index in [0.717, 1.165) is 19.1 Å². The van der Waals surface area contributed by atoms with Crippen molar-refractivity contribution in [1.82, 2.24) is 19.5 Å². The number of aromatic nitrogens is 3. The minimum atomic E-state index is -4.31. The van der Waals surface area contributed by atoms with Gasteiger partial charge in [0.05, 0.1) is 35.2 Å². The lowest BCUT2D eigenvalue weighted by molar-refractivity contribution is -0.176. The molecular weight excluding hydrogens is 592 g/mol. The normalized spacial score (nSPS) is 20.6. The van der Waals surface area contributed by atoms with Crippen LogP contribution >= 0.6 is 23.2 Å². The number of carbonyl (C=O) groups excluding carboxylic acids is 1. The van der Waals surface area contributed by atoms with Gasteiger partial charge in [0.15, 0.2) is 5.65 Å². The van der Waals surface area contributed by atoms with E-state index < -0.39 is 34.1 Å². The summed E-state index contributed by atoms with van der Waals surface area (Å²) in [5.41, 5.74) is 1.07. The standard InChI is InChI=1S/C25H27Cl2F3N6O3S/c1-40(38,39)33-18-8-7-16(26)11-17(18)24(37)35-10-3-2-6-20(35)19-12-22-31-21(27)13-23(36(22)32-19)34-9-4-5-15(14-34)25(28,29)30/h7-8,11-13,15,20,33H,2-6,9-10,14H2,1H3/t15?,20-/m0/s1. The Morgan fingerprint density at radius 3 is 2.58 bits per heavy atom. The van der Waals surface area contributed by atoms with E-state index in [1.807, 2.05) is 0 Å².